The number of nitrogens with one attached hydrogen (secondary N) is 1. The van der Waals surface area contributed by atoms with E-state index in [-0.39, 0.29) is 6.54 Å². The fourth-order valence-electron chi connectivity index (χ4n) is 3.43. The quantitative estimate of drug-likeness (QED) is 0.775. The van der Waals surface area contributed by atoms with Crippen LogP contribution in [0.1, 0.15) is 36.0 Å². The third-order valence-electron chi connectivity index (χ3n) is 4.90. The first-order valence-corrected chi connectivity index (χ1v) is 10.7. The minimum atomic E-state index is -4.74. The van der Waals surface area contributed by atoms with Crippen LogP contribution in [-0.4, -0.2) is 26.4 Å². The third kappa shape index (κ3) is 5.12. The van der Waals surface area contributed by atoms with Crippen LogP contribution < -0.4 is 4.72 Å². The Balaban J connectivity index is 1.77. The van der Waals surface area contributed by atoms with Crippen molar-refractivity contribution in [2.75, 3.05) is 13.1 Å². The standard InChI is InChI=1S/C20H23F3N2O2S/c21-20(22,23)18-10-4-5-11-19(18)28(26,27)24-14-16-8-2-3-9-17(16)15-25-12-6-1-7-13-25/h2-5,8-11,24H,1,6-7,12-15H2. The van der Waals surface area contributed by atoms with Gasteiger partial charge in [-0.25, -0.2) is 13.1 Å². The van der Waals surface area contributed by atoms with Gasteiger partial charge in [0, 0.05) is 13.1 Å². The highest BCUT2D eigenvalue weighted by atomic mass is 32.2. The number of halogens is 3. The molecule has 4 nitrogen and oxygen atoms in total. The number of hydrogen-bond acceptors (Lipinski definition) is 3. The summed E-state index contributed by atoms with van der Waals surface area (Å²) in [6.07, 6.45) is -1.24. The monoisotopic (exact) mass is 412 g/mol. The average Bonchev–Trinajstić information content (AvgIpc) is 2.67. The fraction of sp³-hybridized carbons (Fsp3) is 0.400. The molecule has 0 bridgehead atoms. The Bertz CT molecular complexity index is 908. The molecule has 1 N–H and O–H groups in total. The topological polar surface area (TPSA) is 49.4 Å². The van der Waals surface area contributed by atoms with Crippen molar-refractivity contribution in [1.82, 2.24) is 9.62 Å². The van der Waals surface area contributed by atoms with Gasteiger partial charge < -0.3 is 0 Å². The van der Waals surface area contributed by atoms with Gasteiger partial charge in [-0.15, -0.1) is 0 Å². The lowest BCUT2D eigenvalue weighted by Crippen LogP contribution is -2.30. The molecular formula is C20H23F3N2O2S. The number of sulfonamides is 1. The van der Waals surface area contributed by atoms with Crippen molar-refractivity contribution in [3.05, 3.63) is 65.2 Å². The van der Waals surface area contributed by atoms with Crippen LogP contribution in [0.15, 0.2) is 53.4 Å². The molecule has 152 valence electrons. The molecule has 1 aliphatic heterocycles. The number of likely N-dealkylation sites (tertiary alicyclic amines) is 1. The van der Waals surface area contributed by atoms with Gasteiger partial charge in [0.05, 0.1) is 10.5 Å². The molecule has 2 aromatic carbocycles. The molecular weight excluding hydrogens is 389 g/mol. The minimum absolute atomic E-state index is 0.0570. The van der Waals surface area contributed by atoms with Gasteiger partial charge >= 0.3 is 6.18 Å². The molecule has 0 unspecified atom stereocenters. The van der Waals surface area contributed by atoms with E-state index in [0.29, 0.717) is 6.54 Å². The van der Waals surface area contributed by atoms with Gasteiger partial charge in [-0.05, 0) is 49.2 Å². The van der Waals surface area contributed by atoms with Crippen molar-refractivity contribution in [3.8, 4) is 0 Å². The highest BCUT2D eigenvalue weighted by molar-refractivity contribution is 7.89. The lowest BCUT2D eigenvalue weighted by Gasteiger charge is -2.27. The first-order chi connectivity index (χ1) is 13.3. The van der Waals surface area contributed by atoms with E-state index in [4.69, 9.17) is 0 Å². The van der Waals surface area contributed by atoms with Gasteiger partial charge in [0.25, 0.3) is 0 Å². The van der Waals surface area contributed by atoms with Crippen LogP contribution in [0.4, 0.5) is 13.2 Å². The summed E-state index contributed by atoms with van der Waals surface area (Å²) in [6, 6.07) is 11.6. The summed E-state index contributed by atoms with van der Waals surface area (Å²) >= 11 is 0. The molecule has 0 radical (unpaired) electrons. The van der Waals surface area contributed by atoms with E-state index in [1.165, 1.54) is 18.6 Å². The lowest BCUT2D eigenvalue weighted by atomic mass is 10.1. The predicted molar refractivity (Wildman–Crippen MR) is 101 cm³/mol. The van der Waals surface area contributed by atoms with Crippen molar-refractivity contribution in [3.63, 3.8) is 0 Å². The molecule has 0 amide bonds. The smallest absolute Gasteiger partial charge is 0.299 e. The molecule has 0 aromatic heterocycles. The number of alkyl halides is 3. The van der Waals surface area contributed by atoms with Crippen LogP contribution in [0.3, 0.4) is 0 Å². The molecule has 2 aromatic rings. The first-order valence-electron chi connectivity index (χ1n) is 9.22. The van der Waals surface area contributed by atoms with Gasteiger partial charge in [-0.3, -0.25) is 4.90 Å². The van der Waals surface area contributed by atoms with Gasteiger partial charge in [0.2, 0.25) is 10.0 Å². The zero-order chi connectivity index (χ0) is 20.2. The first kappa shape index (κ1) is 20.8. The normalized spacial score (nSPS) is 16.2. The van der Waals surface area contributed by atoms with Crippen molar-refractivity contribution in [2.24, 2.45) is 0 Å². The van der Waals surface area contributed by atoms with Crippen LogP contribution in [0.2, 0.25) is 0 Å². The van der Waals surface area contributed by atoms with Gasteiger partial charge in [0.1, 0.15) is 0 Å². The number of hydrogen-bond donors (Lipinski definition) is 1. The molecule has 8 heteroatoms. The van der Waals surface area contributed by atoms with E-state index in [0.717, 1.165) is 49.2 Å². The number of benzene rings is 2. The number of piperidine rings is 1. The molecule has 1 saturated heterocycles. The van der Waals surface area contributed by atoms with Crippen LogP contribution in [0.5, 0.6) is 0 Å². The summed E-state index contributed by atoms with van der Waals surface area (Å²) in [4.78, 5) is 1.56. The largest absolute Gasteiger partial charge is 0.417 e. The Morgan fingerprint density at radius 2 is 1.50 bits per heavy atom. The van der Waals surface area contributed by atoms with Crippen LogP contribution in [0.25, 0.3) is 0 Å². The maximum Gasteiger partial charge on any atom is 0.417 e. The van der Waals surface area contributed by atoms with Gasteiger partial charge in [0.15, 0.2) is 0 Å². The highest BCUT2D eigenvalue weighted by Gasteiger charge is 2.36. The average molecular weight is 412 g/mol. The Kier molecular flexibility index (Phi) is 6.42. The SMILES string of the molecule is O=S(=O)(NCc1ccccc1CN1CCCCC1)c1ccccc1C(F)(F)F. The summed E-state index contributed by atoms with van der Waals surface area (Å²) in [5.41, 5.74) is 0.585. The molecule has 3 rings (SSSR count). The van der Waals surface area contributed by atoms with E-state index in [9.17, 15) is 21.6 Å². The summed E-state index contributed by atoms with van der Waals surface area (Å²) < 4.78 is 66.9. The van der Waals surface area contributed by atoms with E-state index in [2.05, 4.69) is 9.62 Å². The zero-order valence-electron chi connectivity index (χ0n) is 15.4. The minimum Gasteiger partial charge on any atom is -0.299 e. The van der Waals surface area contributed by atoms with Crippen molar-refractivity contribution < 1.29 is 21.6 Å². The predicted octanol–water partition coefficient (Wildman–Crippen LogP) is 4.17. The van der Waals surface area contributed by atoms with Gasteiger partial charge in [-0.2, -0.15) is 13.2 Å². The van der Waals surface area contributed by atoms with Crippen molar-refractivity contribution in [1.29, 1.82) is 0 Å². The molecule has 0 aliphatic carbocycles. The Morgan fingerprint density at radius 3 is 2.18 bits per heavy atom. The number of rotatable bonds is 6. The summed E-state index contributed by atoms with van der Waals surface area (Å²) in [5, 5.41) is 0. The highest BCUT2D eigenvalue weighted by Crippen LogP contribution is 2.34. The molecule has 1 heterocycles. The fourth-order valence-corrected chi connectivity index (χ4v) is 4.66. The Hall–Kier alpha value is -1.90. The van der Waals surface area contributed by atoms with Crippen LogP contribution >= 0.6 is 0 Å². The van der Waals surface area contributed by atoms with E-state index < -0.39 is 26.7 Å². The summed E-state index contributed by atoms with van der Waals surface area (Å²) in [7, 11) is -4.31. The molecule has 1 fully saturated rings. The van der Waals surface area contributed by atoms with E-state index >= 15 is 0 Å². The Labute approximate surface area is 163 Å². The molecule has 0 spiro atoms. The maximum atomic E-state index is 13.2. The van der Waals surface area contributed by atoms with Crippen molar-refractivity contribution in [2.45, 2.75) is 43.4 Å². The van der Waals surface area contributed by atoms with Crippen LogP contribution in [0, 0.1) is 0 Å². The molecule has 0 atom stereocenters. The Morgan fingerprint density at radius 1 is 0.893 bits per heavy atom. The second-order valence-corrected chi connectivity index (χ2v) is 8.66. The second kappa shape index (κ2) is 8.63. The second-order valence-electron chi connectivity index (χ2n) is 6.92. The molecule has 0 saturated carbocycles. The lowest BCUT2D eigenvalue weighted by molar-refractivity contribution is -0.139. The van der Waals surface area contributed by atoms with Crippen molar-refractivity contribution >= 4 is 10.0 Å². The summed E-state index contributed by atoms with van der Waals surface area (Å²) in [5.74, 6) is 0. The number of nitrogens with zero attached hydrogens (tertiary/aromatic N) is 1. The summed E-state index contributed by atoms with van der Waals surface area (Å²) in [6.45, 7) is 2.65. The van der Waals surface area contributed by atoms with E-state index in [1.54, 1.807) is 12.1 Å². The molecule has 28 heavy (non-hydrogen) atoms. The molecule has 1 aliphatic rings. The van der Waals surface area contributed by atoms with Gasteiger partial charge in [-0.1, -0.05) is 42.8 Å². The zero-order valence-corrected chi connectivity index (χ0v) is 16.2. The van der Waals surface area contributed by atoms with E-state index in [1.807, 2.05) is 12.1 Å². The van der Waals surface area contributed by atoms with Crippen LogP contribution in [-0.2, 0) is 29.3 Å². The maximum absolute atomic E-state index is 13.2. The third-order valence-corrected chi connectivity index (χ3v) is 6.36.